The number of rotatable bonds is 5. The van der Waals surface area contributed by atoms with Crippen molar-refractivity contribution in [3.8, 4) is 11.3 Å². The van der Waals surface area contributed by atoms with Gasteiger partial charge in [-0.2, -0.15) is 0 Å². The first-order chi connectivity index (χ1) is 14.1. The highest BCUT2D eigenvalue weighted by atomic mass is 32.1. The van der Waals surface area contributed by atoms with Crippen LogP contribution in [-0.4, -0.2) is 36.2 Å². The van der Waals surface area contributed by atoms with E-state index in [9.17, 15) is 4.79 Å². The molecule has 29 heavy (non-hydrogen) atoms. The minimum Gasteiger partial charge on any atom is -0.372 e. The number of nitrogens with zero attached hydrogens (tertiary/aromatic N) is 2. The molecule has 1 saturated heterocycles. The van der Waals surface area contributed by atoms with E-state index in [-0.39, 0.29) is 18.1 Å². The van der Waals surface area contributed by atoms with Gasteiger partial charge in [-0.1, -0.05) is 42.5 Å². The number of amides is 1. The molecule has 2 atom stereocenters. The van der Waals surface area contributed by atoms with Crippen LogP contribution in [0.25, 0.3) is 11.3 Å². The first-order valence-corrected chi connectivity index (χ1v) is 10.7. The number of thiazole rings is 1. The third-order valence-electron chi connectivity index (χ3n) is 4.83. The third kappa shape index (κ3) is 5.02. The Balaban J connectivity index is 1.45. The van der Waals surface area contributed by atoms with Crippen LogP contribution in [-0.2, 0) is 16.0 Å². The number of ether oxygens (including phenoxy) is 1. The number of carbonyl (C=O) groups is 1. The lowest BCUT2D eigenvalue weighted by Crippen LogP contribution is -2.45. The second kappa shape index (κ2) is 8.76. The maximum absolute atomic E-state index is 12.4. The van der Waals surface area contributed by atoms with Crippen molar-refractivity contribution in [3.63, 3.8) is 0 Å². The van der Waals surface area contributed by atoms with Gasteiger partial charge < -0.3 is 15.0 Å². The summed E-state index contributed by atoms with van der Waals surface area (Å²) in [5.74, 6) is -0.0244. The second-order valence-electron chi connectivity index (χ2n) is 7.47. The Labute approximate surface area is 175 Å². The fourth-order valence-corrected chi connectivity index (χ4v) is 4.47. The number of hydrogen-bond donors (Lipinski definition) is 1. The Morgan fingerprint density at radius 2 is 1.90 bits per heavy atom. The molecule has 6 heteroatoms. The van der Waals surface area contributed by atoms with Crippen LogP contribution in [0, 0.1) is 0 Å². The molecule has 2 aromatic carbocycles. The average molecular weight is 408 g/mol. The molecule has 1 aliphatic rings. The fraction of sp³-hybridized carbons (Fsp3) is 0.304. The van der Waals surface area contributed by atoms with E-state index >= 15 is 0 Å². The van der Waals surface area contributed by atoms with E-state index in [0.717, 1.165) is 40.7 Å². The second-order valence-corrected chi connectivity index (χ2v) is 8.31. The van der Waals surface area contributed by atoms with Crippen molar-refractivity contribution in [1.82, 2.24) is 4.98 Å². The van der Waals surface area contributed by atoms with Crippen molar-refractivity contribution < 1.29 is 9.53 Å². The number of anilines is 2. The number of benzene rings is 2. The highest BCUT2D eigenvalue weighted by Gasteiger charge is 2.24. The summed E-state index contributed by atoms with van der Waals surface area (Å²) in [4.78, 5) is 19.5. The molecule has 150 valence electrons. The third-order valence-corrected chi connectivity index (χ3v) is 5.73. The Bertz CT molecular complexity index is 963. The molecule has 3 aromatic rings. The van der Waals surface area contributed by atoms with Gasteiger partial charge in [0.25, 0.3) is 0 Å². The first-order valence-electron chi connectivity index (χ1n) is 9.87. The summed E-state index contributed by atoms with van der Waals surface area (Å²) in [6.07, 6.45) is 0.766. The number of carbonyl (C=O) groups excluding carboxylic acids is 1. The zero-order chi connectivity index (χ0) is 20.2. The number of nitrogens with one attached hydrogen (secondary N) is 1. The van der Waals surface area contributed by atoms with E-state index in [2.05, 4.69) is 29.4 Å². The highest BCUT2D eigenvalue weighted by molar-refractivity contribution is 7.14. The first kappa shape index (κ1) is 19.6. The molecule has 0 radical (unpaired) electrons. The lowest BCUT2D eigenvalue weighted by molar-refractivity contribution is -0.115. The lowest BCUT2D eigenvalue weighted by atomic mass is 10.1. The van der Waals surface area contributed by atoms with Crippen molar-refractivity contribution in [2.24, 2.45) is 0 Å². The van der Waals surface area contributed by atoms with Crippen LogP contribution in [0.5, 0.6) is 0 Å². The molecule has 2 heterocycles. The summed E-state index contributed by atoms with van der Waals surface area (Å²) in [6, 6.07) is 17.6. The number of hydrogen-bond acceptors (Lipinski definition) is 5. The van der Waals surface area contributed by atoms with Crippen LogP contribution in [0.3, 0.4) is 0 Å². The molecule has 1 fully saturated rings. The lowest BCUT2D eigenvalue weighted by Gasteiger charge is -2.35. The maximum atomic E-state index is 12.4. The molecule has 0 bridgehead atoms. The van der Waals surface area contributed by atoms with E-state index in [4.69, 9.17) is 9.72 Å². The quantitative estimate of drug-likeness (QED) is 0.671. The van der Waals surface area contributed by atoms with E-state index < -0.39 is 0 Å². The summed E-state index contributed by atoms with van der Waals surface area (Å²) in [5, 5.41) is 6.08. The van der Waals surface area contributed by atoms with Crippen molar-refractivity contribution in [3.05, 3.63) is 65.5 Å². The van der Waals surface area contributed by atoms with Crippen molar-refractivity contribution in [1.29, 1.82) is 0 Å². The van der Waals surface area contributed by atoms with Gasteiger partial charge in [0.15, 0.2) is 5.13 Å². The molecule has 0 saturated carbocycles. The Hall–Kier alpha value is -2.70. The normalized spacial score (nSPS) is 19.2. The zero-order valence-electron chi connectivity index (χ0n) is 16.7. The molecular weight excluding hydrogens is 382 g/mol. The Morgan fingerprint density at radius 1 is 1.14 bits per heavy atom. The zero-order valence-corrected chi connectivity index (χ0v) is 17.5. The standard InChI is InChI=1S/C23H25N3O2S/c1-16-13-26(14-17(2)28-16)23-25-21(15-29-23)19-9-6-10-20(12-19)24-22(27)11-18-7-4-3-5-8-18/h3-10,12,15-17H,11,13-14H2,1-2H3,(H,24,27). The van der Waals surface area contributed by atoms with Gasteiger partial charge in [-0.25, -0.2) is 4.98 Å². The van der Waals surface area contributed by atoms with Gasteiger partial charge in [-0.3, -0.25) is 4.79 Å². The summed E-state index contributed by atoms with van der Waals surface area (Å²) < 4.78 is 5.82. The minimum absolute atomic E-state index is 0.0244. The summed E-state index contributed by atoms with van der Waals surface area (Å²) in [5.41, 5.74) is 3.71. The van der Waals surface area contributed by atoms with E-state index in [1.807, 2.05) is 54.6 Å². The van der Waals surface area contributed by atoms with Crippen molar-refractivity contribution in [2.45, 2.75) is 32.5 Å². The van der Waals surface area contributed by atoms with Crippen molar-refractivity contribution in [2.75, 3.05) is 23.3 Å². The molecule has 0 spiro atoms. The average Bonchev–Trinajstić information content (AvgIpc) is 3.18. The van der Waals surface area contributed by atoms with Crippen LogP contribution in [0.15, 0.2) is 60.0 Å². The van der Waals surface area contributed by atoms with Gasteiger partial charge in [0.05, 0.1) is 24.3 Å². The van der Waals surface area contributed by atoms with E-state index in [1.54, 1.807) is 11.3 Å². The number of morpholine rings is 1. The minimum atomic E-state index is -0.0244. The summed E-state index contributed by atoms with van der Waals surface area (Å²) in [6.45, 7) is 5.90. The van der Waals surface area contributed by atoms with Gasteiger partial charge in [0.1, 0.15) is 0 Å². The number of aromatic nitrogens is 1. The van der Waals surface area contributed by atoms with Gasteiger partial charge in [-0.15, -0.1) is 11.3 Å². The molecular formula is C23H25N3O2S. The Kier molecular flexibility index (Phi) is 5.92. The largest absolute Gasteiger partial charge is 0.372 e. The summed E-state index contributed by atoms with van der Waals surface area (Å²) in [7, 11) is 0. The van der Waals surface area contributed by atoms with Crippen LogP contribution in [0.2, 0.25) is 0 Å². The van der Waals surface area contributed by atoms with Crippen LogP contribution >= 0.6 is 11.3 Å². The smallest absolute Gasteiger partial charge is 0.228 e. The van der Waals surface area contributed by atoms with Crippen LogP contribution in [0.1, 0.15) is 19.4 Å². The van der Waals surface area contributed by atoms with Gasteiger partial charge in [-0.05, 0) is 31.5 Å². The molecule has 1 aromatic heterocycles. The topological polar surface area (TPSA) is 54.5 Å². The molecule has 1 amide bonds. The SMILES string of the molecule is CC1CN(c2nc(-c3cccc(NC(=O)Cc4ccccc4)c3)cs2)CC(C)O1. The van der Waals surface area contributed by atoms with Crippen LogP contribution < -0.4 is 10.2 Å². The molecule has 0 aliphatic carbocycles. The maximum Gasteiger partial charge on any atom is 0.228 e. The van der Waals surface area contributed by atoms with E-state index in [1.165, 1.54) is 0 Å². The Morgan fingerprint density at radius 3 is 2.66 bits per heavy atom. The van der Waals surface area contributed by atoms with Crippen LogP contribution in [0.4, 0.5) is 10.8 Å². The van der Waals surface area contributed by atoms with Crippen molar-refractivity contribution >= 4 is 28.1 Å². The molecule has 4 rings (SSSR count). The predicted octanol–water partition coefficient (Wildman–Crippen LogP) is 4.60. The highest BCUT2D eigenvalue weighted by Crippen LogP contribution is 2.30. The molecule has 1 N–H and O–H groups in total. The molecule has 2 unspecified atom stereocenters. The predicted molar refractivity (Wildman–Crippen MR) is 119 cm³/mol. The molecule has 5 nitrogen and oxygen atoms in total. The molecule has 1 aliphatic heterocycles. The monoisotopic (exact) mass is 407 g/mol. The van der Waals surface area contributed by atoms with Gasteiger partial charge in [0, 0.05) is 29.7 Å². The fourth-order valence-electron chi connectivity index (χ4n) is 3.62. The van der Waals surface area contributed by atoms with Gasteiger partial charge in [0.2, 0.25) is 5.91 Å². The van der Waals surface area contributed by atoms with Gasteiger partial charge >= 0.3 is 0 Å². The summed E-state index contributed by atoms with van der Waals surface area (Å²) >= 11 is 1.65. The van der Waals surface area contributed by atoms with E-state index in [0.29, 0.717) is 6.42 Å².